The van der Waals surface area contributed by atoms with E-state index < -0.39 is 0 Å². The molecule has 110 valence electrons. The van der Waals surface area contributed by atoms with Crippen molar-refractivity contribution in [3.63, 3.8) is 0 Å². The quantitative estimate of drug-likeness (QED) is 0.841. The van der Waals surface area contributed by atoms with Gasteiger partial charge in [-0.3, -0.25) is 9.78 Å². The molecule has 7 heteroatoms. The van der Waals surface area contributed by atoms with Crippen molar-refractivity contribution in [2.45, 2.75) is 13.8 Å². The predicted molar refractivity (Wildman–Crippen MR) is 81.7 cm³/mol. The molecule has 3 rings (SSSR count). The van der Waals surface area contributed by atoms with Crippen LogP contribution in [0.1, 0.15) is 21.1 Å². The Morgan fingerprint density at radius 2 is 1.95 bits per heavy atom. The molecular weight excluding hydrogens is 286 g/mol. The number of rotatable bonds is 2. The molecule has 0 spiro atoms. The zero-order valence-corrected chi connectivity index (χ0v) is 12.9. The highest BCUT2D eigenvalue weighted by Gasteiger charge is 2.24. The number of piperazine rings is 1. The third kappa shape index (κ3) is 2.87. The molecule has 2 aromatic rings. The van der Waals surface area contributed by atoms with Crippen molar-refractivity contribution in [2.24, 2.45) is 0 Å². The molecule has 1 aliphatic heterocycles. The molecule has 0 unspecified atom stereocenters. The second kappa shape index (κ2) is 5.77. The number of aromatic nitrogens is 3. The van der Waals surface area contributed by atoms with Gasteiger partial charge in [0.15, 0.2) is 5.13 Å². The molecule has 1 fully saturated rings. The summed E-state index contributed by atoms with van der Waals surface area (Å²) in [5.74, 6) is -0.0470. The Bertz CT molecular complexity index is 615. The van der Waals surface area contributed by atoms with Gasteiger partial charge in [-0.15, -0.1) is 11.3 Å². The molecule has 1 saturated heterocycles. The van der Waals surface area contributed by atoms with Gasteiger partial charge in [-0.25, -0.2) is 9.97 Å². The zero-order valence-electron chi connectivity index (χ0n) is 12.1. The number of thiazole rings is 1. The molecule has 0 atom stereocenters. The number of hydrogen-bond donors (Lipinski definition) is 0. The van der Waals surface area contributed by atoms with Crippen LogP contribution in [-0.4, -0.2) is 51.9 Å². The summed E-state index contributed by atoms with van der Waals surface area (Å²) in [5.41, 5.74) is 1.50. The first-order chi connectivity index (χ1) is 10.1. The molecule has 0 radical (unpaired) electrons. The Kier molecular flexibility index (Phi) is 3.83. The molecular formula is C14H17N5OS. The molecule has 0 saturated carbocycles. The van der Waals surface area contributed by atoms with E-state index in [0.29, 0.717) is 18.8 Å². The second-order valence-corrected chi connectivity index (χ2v) is 6.19. The van der Waals surface area contributed by atoms with E-state index >= 15 is 0 Å². The van der Waals surface area contributed by atoms with Gasteiger partial charge >= 0.3 is 0 Å². The van der Waals surface area contributed by atoms with Crippen LogP contribution in [0.2, 0.25) is 0 Å². The summed E-state index contributed by atoms with van der Waals surface area (Å²) in [5, 5.41) is 1.05. The number of hydrogen-bond acceptors (Lipinski definition) is 6. The maximum Gasteiger partial charge on any atom is 0.274 e. The van der Waals surface area contributed by atoms with Gasteiger partial charge in [0.25, 0.3) is 5.91 Å². The summed E-state index contributed by atoms with van der Waals surface area (Å²) in [6.45, 7) is 7.10. The van der Waals surface area contributed by atoms with Crippen LogP contribution < -0.4 is 4.90 Å². The summed E-state index contributed by atoms with van der Waals surface area (Å²) in [6.07, 6.45) is 4.63. The van der Waals surface area contributed by atoms with E-state index in [1.807, 2.05) is 11.8 Å². The predicted octanol–water partition coefficient (Wildman–Crippen LogP) is 1.51. The molecule has 2 aromatic heterocycles. The highest BCUT2D eigenvalue weighted by molar-refractivity contribution is 7.15. The minimum absolute atomic E-state index is 0.0470. The minimum atomic E-state index is -0.0470. The topological polar surface area (TPSA) is 62.2 Å². The highest BCUT2D eigenvalue weighted by Crippen LogP contribution is 2.26. The monoisotopic (exact) mass is 303 g/mol. The van der Waals surface area contributed by atoms with Crippen LogP contribution in [0.25, 0.3) is 0 Å². The third-order valence-electron chi connectivity index (χ3n) is 3.64. The lowest BCUT2D eigenvalue weighted by atomic mass is 10.3. The van der Waals surface area contributed by atoms with Gasteiger partial charge in [0, 0.05) is 43.4 Å². The Morgan fingerprint density at radius 3 is 2.52 bits per heavy atom. The maximum absolute atomic E-state index is 12.3. The third-order valence-corrected chi connectivity index (χ3v) is 4.77. The lowest BCUT2D eigenvalue weighted by molar-refractivity contribution is 0.0740. The van der Waals surface area contributed by atoms with Crippen molar-refractivity contribution in [3.05, 3.63) is 34.9 Å². The van der Waals surface area contributed by atoms with Crippen molar-refractivity contribution in [2.75, 3.05) is 31.1 Å². The fourth-order valence-electron chi connectivity index (χ4n) is 2.26. The van der Waals surface area contributed by atoms with E-state index in [1.54, 1.807) is 23.7 Å². The molecule has 0 aromatic carbocycles. The summed E-state index contributed by atoms with van der Waals surface area (Å²) < 4.78 is 0. The molecule has 0 aliphatic carbocycles. The Morgan fingerprint density at radius 1 is 1.19 bits per heavy atom. The number of aryl methyl sites for hydroxylation is 2. The van der Waals surface area contributed by atoms with E-state index in [4.69, 9.17) is 0 Å². The summed E-state index contributed by atoms with van der Waals surface area (Å²) in [7, 11) is 0. The van der Waals surface area contributed by atoms with E-state index in [-0.39, 0.29) is 5.91 Å². The number of anilines is 1. The second-order valence-electron chi connectivity index (χ2n) is 5.01. The largest absolute Gasteiger partial charge is 0.345 e. The van der Waals surface area contributed by atoms with Crippen molar-refractivity contribution >= 4 is 22.4 Å². The first-order valence-electron chi connectivity index (χ1n) is 6.89. The molecule has 0 bridgehead atoms. The summed E-state index contributed by atoms with van der Waals surface area (Å²) in [4.78, 5) is 30.2. The first kappa shape index (κ1) is 13.9. The Hall–Kier alpha value is -2.02. The SMILES string of the molecule is Cc1nc(N2CCN(C(=O)c3cnccn3)CC2)sc1C. The van der Waals surface area contributed by atoms with Crippen LogP contribution >= 0.6 is 11.3 Å². The summed E-state index contributed by atoms with van der Waals surface area (Å²) in [6, 6.07) is 0. The molecule has 21 heavy (non-hydrogen) atoms. The molecule has 0 N–H and O–H groups in total. The Balaban J connectivity index is 1.64. The van der Waals surface area contributed by atoms with Crippen LogP contribution in [0.3, 0.4) is 0 Å². The minimum Gasteiger partial charge on any atom is -0.345 e. The molecule has 3 heterocycles. The van der Waals surface area contributed by atoms with Crippen molar-refractivity contribution in [1.29, 1.82) is 0 Å². The van der Waals surface area contributed by atoms with Crippen LogP contribution in [-0.2, 0) is 0 Å². The molecule has 1 amide bonds. The highest BCUT2D eigenvalue weighted by atomic mass is 32.1. The number of carbonyl (C=O) groups excluding carboxylic acids is 1. The average Bonchev–Trinajstić information content (AvgIpc) is 2.87. The van der Waals surface area contributed by atoms with Gasteiger partial charge in [-0.1, -0.05) is 0 Å². The maximum atomic E-state index is 12.3. The van der Waals surface area contributed by atoms with Crippen LogP contribution in [0.15, 0.2) is 18.6 Å². The lowest BCUT2D eigenvalue weighted by Gasteiger charge is -2.34. The van der Waals surface area contributed by atoms with Crippen LogP contribution in [0.4, 0.5) is 5.13 Å². The van der Waals surface area contributed by atoms with Crippen LogP contribution in [0.5, 0.6) is 0 Å². The normalized spacial score (nSPS) is 15.3. The molecule has 6 nitrogen and oxygen atoms in total. The standard InChI is InChI=1S/C14H17N5OS/c1-10-11(2)21-14(17-10)19-7-5-18(6-8-19)13(20)12-9-15-3-4-16-12/h3-4,9H,5-8H2,1-2H3. The van der Waals surface area contributed by atoms with Crippen LogP contribution in [0, 0.1) is 13.8 Å². The van der Waals surface area contributed by atoms with E-state index in [9.17, 15) is 4.79 Å². The van der Waals surface area contributed by atoms with Gasteiger partial charge in [-0.2, -0.15) is 0 Å². The van der Waals surface area contributed by atoms with E-state index in [1.165, 1.54) is 11.1 Å². The van der Waals surface area contributed by atoms with Crippen molar-refractivity contribution in [3.8, 4) is 0 Å². The van der Waals surface area contributed by atoms with E-state index in [2.05, 4.69) is 26.8 Å². The number of carbonyl (C=O) groups is 1. The fourth-order valence-corrected chi connectivity index (χ4v) is 3.22. The van der Waals surface area contributed by atoms with Crippen molar-refractivity contribution in [1.82, 2.24) is 19.9 Å². The Labute approximate surface area is 127 Å². The summed E-state index contributed by atoms with van der Waals surface area (Å²) >= 11 is 1.72. The fraction of sp³-hybridized carbons (Fsp3) is 0.429. The average molecular weight is 303 g/mol. The van der Waals surface area contributed by atoms with Gasteiger partial charge in [0.05, 0.1) is 11.9 Å². The first-order valence-corrected chi connectivity index (χ1v) is 7.71. The van der Waals surface area contributed by atoms with Gasteiger partial charge in [-0.05, 0) is 13.8 Å². The van der Waals surface area contributed by atoms with Gasteiger partial charge < -0.3 is 9.80 Å². The van der Waals surface area contributed by atoms with E-state index in [0.717, 1.165) is 23.9 Å². The lowest BCUT2D eigenvalue weighted by Crippen LogP contribution is -2.49. The smallest absolute Gasteiger partial charge is 0.274 e. The molecule has 1 aliphatic rings. The van der Waals surface area contributed by atoms with Crippen molar-refractivity contribution < 1.29 is 4.79 Å². The van der Waals surface area contributed by atoms with Gasteiger partial charge in [0.2, 0.25) is 0 Å². The number of amides is 1. The number of nitrogens with zero attached hydrogens (tertiary/aromatic N) is 5. The zero-order chi connectivity index (χ0) is 14.8. The van der Waals surface area contributed by atoms with Gasteiger partial charge in [0.1, 0.15) is 5.69 Å².